The van der Waals surface area contributed by atoms with Gasteiger partial charge in [-0.25, -0.2) is 0 Å². The van der Waals surface area contributed by atoms with Crippen LogP contribution in [0.3, 0.4) is 0 Å². The highest BCUT2D eigenvalue weighted by Gasteiger charge is 2.17. The van der Waals surface area contributed by atoms with Crippen molar-refractivity contribution in [3.8, 4) is 5.75 Å². The lowest BCUT2D eigenvalue weighted by molar-refractivity contribution is -0.120. The van der Waals surface area contributed by atoms with Crippen LogP contribution >= 0.6 is 0 Å². The molecule has 0 aliphatic carbocycles. The number of hydrogen-bond acceptors (Lipinski definition) is 4. The smallest absolute Gasteiger partial charge is 0.244 e. The highest BCUT2D eigenvalue weighted by Crippen LogP contribution is 2.24. The molecule has 0 saturated carbocycles. The van der Waals surface area contributed by atoms with Crippen LogP contribution in [0.15, 0.2) is 48.5 Å². The Labute approximate surface area is 172 Å². The third-order valence-corrected chi connectivity index (χ3v) is 5.01. The molecule has 1 N–H and O–H groups in total. The molecule has 1 heterocycles. The Balaban J connectivity index is 1.63. The second kappa shape index (κ2) is 9.96. The van der Waals surface area contributed by atoms with Crippen LogP contribution in [0.4, 0.5) is 17.1 Å². The molecule has 0 atom stereocenters. The fourth-order valence-corrected chi connectivity index (χ4v) is 3.53. The second-order valence-corrected chi connectivity index (χ2v) is 7.17. The van der Waals surface area contributed by atoms with E-state index in [1.54, 1.807) is 24.3 Å². The SMILES string of the molecule is CCOc1ccc(NC(=O)CN(C(C)=O)c2ccc(N3CCCCC3)cc2)cc1. The van der Waals surface area contributed by atoms with E-state index in [1.165, 1.54) is 31.1 Å². The molecule has 0 aromatic heterocycles. The van der Waals surface area contributed by atoms with Crippen molar-refractivity contribution in [3.63, 3.8) is 0 Å². The minimum atomic E-state index is -0.246. The molecule has 2 aromatic carbocycles. The molecule has 29 heavy (non-hydrogen) atoms. The van der Waals surface area contributed by atoms with Crippen LogP contribution in [0, 0.1) is 0 Å². The Morgan fingerprint density at radius 2 is 1.66 bits per heavy atom. The molecular formula is C23H29N3O3. The van der Waals surface area contributed by atoms with Crippen molar-refractivity contribution in [2.24, 2.45) is 0 Å². The van der Waals surface area contributed by atoms with Gasteiger partial charge in [-0.3, -0.25) is 9.59 Å². The van der Waals surface area contributed by atoms with Crippen molar-refractivity contribution in [1.29, 1.82) is 0 Å². The molecule has 1 aliphatic heterocycles. The number of benzene rings is 2. The average Bonchev–Trinajstić information content (AvgIpc) is 2.74. The lowest BCUT2D eigenvalue weighted by Crippen LogP contribution is -2.36. The molecule has 6 nitrogen and oxygen atoms in total. The number of amides is 2. The lowest BCUT2D eigenvalue weighted by Gasteiger charge is -2.29. The molecule has 1 saturated heterocycles. The van der Waals surface area contributed by atoms with Crippen LogP contribution in [0.1, 0.15) is 33.1 Å². The first-order chi connectivity index (χ1) is 14.1. The monoisotopic (exact) mass is 395 g/mol. The van der Waals surface area contributed by atoms with Gasteiger partial charge in [0.15, 0.2) is 0 Å². The van der Waals surface area contributed by atoms with Crippen molar-refractivity contribution in [2.75, 3.05) is 41.4 Å². The third-order valence-electron chi connectivity index (χ3n) is 5.01. The Morgan fingerprint density at radius 3 is 2.24 bits per heavy atom. The van der Waals surface area contributed by atoms with Gasteiger partial charge in [0, 0.05) is 37.1 Å². The Bertz CT molecular complexity index is 812. The summed E-state index contributed by atoms with van der Waals surface area (Å²) < 4.78 is 5.40. The molecule has 154 valence electrons. The summed E-state index contributed by atoms with van der Waals surface area (Å²) in [6, 6.07) is 15.1. The summed E-state index contributed by atoms with van der Waals surface area (Å²) in [5.41, 5.74) is 2.55. The van der Waals surface area contributed by atoms with Crippen LogP contribution in [-0.4, -0.2) is 38.1 Å². The minimum Gasteiger partial charge on any atom is -0.494 e. The summed E-state index contributed by atoms with van der Waals surface area (Å²) in [5.74, 6) is 0.340. The maximum absolute atomic E-state index is 12.5. The molecule has 0 bridgehead atoms. The fourth-order valence-electron chi connectivity index (χ4n) is 3.53. The summed E-state index contributed by atoms with van der Waals surface area (Å²) in [7, 11) is 0. The topological polar surface area (TPSA) is 61.9 Å². The number of nitrogens with one attached hydrogen (secondary N) is 1. The first kappa shape index (κ1) is 20.7. The molecule has 3 rings (SSSR count). The first-order valence-electron chi connectivity index (χ1n) is 10.2. The molecule has 1 aliphatic rings. The number of carbonyl (C=O) groups is 2. The minimum absolute atomic E-state index is 0.0361. The van der Waals surface area contributed by atoms with E-state index in [9.17, 15) is 9.59 Å². The van der Waals surface area contributed by atoms with Crippen molar-refractivity contribution in [1.82, 2.24) is 0 Å². The van der Waals surface area contributed by atoms with Crippen molar-refractivity contribution >= 4 is 28.9 Å². The highest BCUT2D eigenvalue weighted by molar-refractivity contribution is 6.01. The summed E-state index contributed by atoms with van der Waals surface area (Å²) in [4.78, 5) is 28.5. The maximum Gasteiger partial charge on any atom is 0.244 e. The van der Waals surface area contributed by atoms with Crippen LogP contribution in [0.5, 0.6) is 5.75 Å². The zero-order chi connectivity index (χ0) is 20.6. The van der Waals surface area contributed by atoms with Gasteiger partial charge < -0.3 is 19.9 Å². The molecular weight excluding hydrogens is 366 g/mol. The third kappa shape index (κ3) is 5.73. The number of rotatable bonds is 7. The molecule has 0 spiro atoms. The largest absolute Gasteiger partial charge is 0.494 e. The van der Waals surface area contributed by atoms with E-state index < -0.39 is 0 Å². The summed E-state index contributed by atoms with van der Waals surface area (Å²) in [6.07, 6.45) is 3.72. The maximum atomic E-state index is 12.5. The first-order valence-corrected chi connectivity index (χ1v) is 10.2. The Hall–Kier alpha value is -3.02. The Kier molecular flexibility index (Phi) is 7.11. The number of hydrogen-bond donors (Lipinski definition) is 1. The zero-order valence-electron chi connectivity index (χ0n) is 17.2. The van der Waals surface area contributed by atoms with Gasteiger partial charge in [0.2, 0.25) is 11.8 Å². The van der Waals surface area contributed by atoms with Crippen LogP contribution in [0.2, 0.25) is 0 Å². The quantitative estimate of drug-likeness (QED) is 0.768. The van der Waals surface area contributed by atoms with Crippen LogP contribution in [-0.2, 0) is 9.59 Å². The Morgan fingerprint density at radius 1 is 1.00 bits per heavy atom. The highest BCUT2D eigenvalue weighted by atomic mass is 16.5. The molecule has 0 unspecified atom stereocenters. The number of anilines is 3. The van der Waals surface area contributed by atoms with Gasteiger partial charge in [-0.15, -0.1) is 0 Å². The van der Waals surface area contributed by atoms with E-state index >= 15 is 0 Å². The number of piperidine rings is 1. The van der Waals surface area contributed by atoms with E-state index in [0.29, 0.717) is 12.3 Å². The van der Waals surface area contributed by atoms with Crippen molar-refractivity contribution < 1.29 is 14.3 Å². The van der Waals surface area contributed by atoms with E-state index in [-0.39, 0.29) is 18.4 Å². The van der Waals surface area contributed by atoms with Gasteiger partial charge in [-0.05, 0) is 74.7 Å². The van der Waals surface area contributed by atoms with Crippen molar-refractivity contribution in [2.45, 2.75) is 33.1 Å². The standard InChI is InChI=1S/C23H29N3O3/c1-3-29-22-13-7-19(8-14-22)24-23(28)17-26(18(2)27)21-11-9-20(10-12-21)25-15-5-4-6-16-25/h7-14H,3-6,15-17H2,1-2H3,(H,24,28). The summed E-state index contributed by atoms with van der Waals surface area (Å²) in [5, 5.41) is 2.83. The van der Waals surface area contributed by atoms with Gasteiger partial charge >= 0.3 is 0 Å². The van der Waals surface area contributed by atoms with E-state index in [1.807, 2.05) is 31.2 Å². The molecule has 2 amide bonds. The van der Waals surface area contributed by atoms with Crippen molar-refractivity contribution in [3.05, 3.63) is 48.5 Å². The predicted molar refractivity (Wildman–Crippen MR) is 117 cm³/mol. The van der Waals surface area contributed by atoms with E-state index in [0.717, 1.165) is 30.2 Å². The van der Waals surface area contributed by atoms with Gasteiger partial charge in [-0.1, -0.05) is 0 Å². The second-order valence-electron chi connectivity index (χ2n) is 7.17. The number of nitrogens with zero attached hydrogens (tertiary/aromatic N) is 2. The van der Waals surface area contributed by atoms with Crippen LogP contribution in [0.25, 0.3) is 0 Å². The number of ether oxygens (including phenoxy) is 1. The molecule has 0 radical (unpaired) electrons. The molecule has 2 aromatic rings. The summed E-state index contributed by atoms with van der Waals surface area (Å²) >= 11 is 0. The fraction of sp³-hybridized carbons (Fsp3) is 0.391. The van der Waals surface area contributed by atoms with Gasteiger partial charge in [0.1, 0.15) is 12.3 Å². The van der Waals surface area contributed by atoms with Gasteiger partial charge in [-0.2, -0.15) is 0 Å². The molecule has 1 fully saturated rings. The average molecular weight is 396 g/mol. The summed E-state index contributed by atoms with van der Waals surface area (Å²) in [6.45, 7) is 6.09. The zero-order valence-corrected chi connectivity index (χ0v) is 17.2. The normalized spacial score (nSPS) is 13.7. The van der Waals surface area contributed by atoms with Crippen LogP contribution < -0.4 is 19.9 Å². The lowest BCUT2D eigenvalue weighted by atomic mass is 10.1. The predicted octanol–water partition coefficient (Wildman–Crippen LogP) is 4.07. The van der Waals surface area contributed by atoms with E-state index in [4.69, 9.17) is 4.74 Å². The molecule has 6 heteroatoms. The number of carbonyl (C=O) groups excluding carboxylic acids is 2. The van der Waals surface area contributed by atoms with Gasteiger partial charge in [0.05, 0.1) is 6.61 Å². The van der Waals surface area contributed by atoms with E-state index in [2.05, 4.69) is 10.2 Å². The van der Waals surface area contributed by atoms with Gasteiger partial charge in [0.25, 0.3) is 0 Å².